The Hall–Kier alpha value is -0.790. The molecule has 0 aromatic heterocycles. The molecule has 0 amide bonds. The van der Waals surface area contributed by atoms with Crippen LogP contribution in [-0.2, 0) is 0 Å². The van der Waals surface area contributed by atoms with Crippen LogP contribution in [-0.4, -0.2) is 6.54 Å². The van der Waals surface area contributed by atoms with Crippen LogP contribution in [0.3, 0.4) is 0 Å². The van der Waals surface area contributed by atoms with Gasteiger partial charge in [-0.05, 0) is 19.9 Å². The molecule has 14 heavy (non-hydrogen) atoms. The molecule has 0 aliphatic carbocycles. The van der Waals surface area contributed by atoms with Crippen LogP contribution >= 0.6 is 11.6 Å². The zero-order valence-electron chi connectivity index (χ0n) is 8.70. The van der Waals surface area contributed by atoms with Gasteiger partial charge in [-0.1, -0.05) is 41.9 Å². The summed E-state index contributed by atoms with van der Waals surface area (Å²) in [6.07, 6.45) is 2.03. The second kappa shape index (κ2) is 5.84. The molecule has 1 atom stereocenters. The Balaban J connectivity index is 2.43. The lowest BCUT2D eigenvalue weighted by Crippen LogP contribution is -2.84. The van der Waals surface area contributed by atoms with E-state index in [0.29, 0.717) is 6.04 Å². The number of allylic oxidation sites excluding steroid dienone is 1. The van der Waals surface area contributed by atoms with Gasteiger partial charge in [-0.25, -0.2) is 0 Å². The molecule has 2 heteroatoms. The van der Waals surface area contributed by atoms with Crippen LogP contribution in [0.4, 0.5) is 0 Å². The first-order valence-corrected chi connectivity index (χ1v) is 5.28. The molecule has 1 nitrogen and oxygen atoms in total. The average Bonchev–Trinajstić information content (AvgIpc) is 2.18. The van der Waals surface area contributed by atoms with Gasteiger partial charge < -0.3 is 5.32 Å². The number of hydrogen-bond acceptors (Lipinski definition) is 0. The summed E-state index contributed by atoms with van der Waals surface area (Å²) in [6.45, 7) is 5.04. The fourth-order valence-corrected chi connectivity index (χ4v) is 1.42. The Bertz CT molecular complexity index is 288. The quantitative estimate of drug-likeness (QED) is 0.787. The molecule has 0 aliphatic heterocycles. The van der Waals surface area contributed by atoms with Gasteiger partial charge in [0.25, 0.3) is 0 Å². The highest BCUT2D eigenvalue weighted by atomic mass is 35.5. The third kappa shape index (κ3) is 3.95. The second-order valence-electron chi connectivity index (χ2n) is 3.46. The van der Waals surface area contributed by atoms with E-state index in [1.165, 1.54) is 5.56 Å². The number of rotatable bonds is 4. The van der Waals surface area contributed by atoms with Gasteiger partial charge in [-0.3, -0.25) is 0 Å². The molecule has 0 unspecified atom stereocenters. The van der Waals surface area contributed by atoms with Gasteiger partial charge in [0.1, 0.15) is 6.04 Å². The number of hydrogen-bond donors (Lipinski definition) is 1. The molecule has 2 N–H and O–H groups in total. The van der Waals surface area contributed by atoms with Crippen LogP contribution < -0.4 is 5.32 Å². The van der Waals surface area contributed by atoms with E-state index < -0.39 is 0 Å². The Kier molecular flexibility index (Phi) is 4.71. The molecular formula is C12H17ClN+. The molecule has 0 fully saturated rings. The Morgan fingerprint density at radius 1 is 1.43 bits per heavy atom. The lowest BCUT2D eigenvalue weighted by Gasteiger charge is -2.08. The molecule has 1 aromatic carbocycles. The summed E-state index contributed by atoms with van der Waals surface area (Å²) in [5.41, 5.74) is 1.35. The van der Waals surface area contributed by atoms with Crippen molar-refractivity contribution < 1.29 is 5.32 Å². The summed E-state index contributed by atoms with van der Waals surface area (Å²) in [6, 6.07) is 11.0. The molecule has 0 spiro atoms. The van der Waals surface area contributed by atoms with Gasteiger partial charge in [-0.2, -0.15) is 0 Å². The van der Waals surface area contributed by atoms with E-state index >= 15 is 0 Å². The summed E-state index contributed by atoms with van der Waals surface area (Å²) in [5, 5.41) is 3.13. The van der Waals surface area contributed by atoms with Gasteiger partial charge >= 0.3 is 0 Å². The zero-order valence-corrected chi connectivity index (χ0v) is 9.46. The van der Waals surface area contributed by atoms with Gasteiger partial charge in [0.05, 0.1) is 6.54 Å². The first-order valence-electron chi connectivity index (χ1n) is 4.90. The van der Waals surface area contributed by atoms with Crippen LogP contribution in [0.2, 0.25) is 0 Å². The van der Waals surface area contributed by atoms with Crippen LogP contribution in [0.1, 0.15) is 25.5 Å². The van der Waals surface area contributed by atoms with Crippen molar-refractivity contribution in [2.45, 2.75) is 19.9 Å². The smallest absolute Gasteiger partial charge is 0.109 e. The molecule has 0 saturated heterocycles. The molecule has 0 aliphatic rings. The summed E-state index contributed by atoms with van der Waals surface area (Å²) in [4.78, 5) is 0. The predicted octanol–water partition coefficient (Wildman–Crippen LogP) is 2.45. The van der Waals surface area contributed by atoms with Crippen molar-refractivity contribution in [1.29, 1.82) is 0 Å². The van der Waals surface area contributed by atoms with Crippen molar-refractivity contribution in [3.63, 3.8) is 0 Å². The minimum Gasteiger partial charge on any atom is -0.337 e. The lowest BCUT2D eigenvalue weighted by molar-refractivity contribution is -0.684. The Morgan fingerprint density at radius 2 is 2.07 bits per heavy atom. The van der Waals surface area contributed by atoms with Crippen LogP contribution in [0.5, 0.6) is 0 Å². The van der Waals surface area contributed by atoms with Crippen molar-refractivity contribution >= 4 is 11.6 Å². The van der Waals surface area contributed by atoms with E-state index in [2.05, 4.69) is 36.5 Å². The molecule has 1 rings (SSSR count). The number of halogens is 1. The highest BCUT2D eigenvalue weighted by Gasteiger charge is 2.05. The Morgan fingerprint density at radius 3 is 2.64 bits per heavy atom. The average molecular weight is 211 g/mol. The van der Waals surface area contributed by atoms with Gasteiger partial charge in [0.2, 0.25) is 0 Å². The number of nitrogens with two attached hydrogens (primary N) is 1. The van der Waals surface area contributed by atoms with Gasteiger partial charge in [0, 0.05) is 10.6 Å². The minimum absolute atomic E-state index is 0.489. The van der Waals surface area contributed by atoms with E-state index in [1.807, 2.05) is 19.1 Å². The fraction of sp³-hybridized carbons (Fsp3) is 0.333. The minimum atomic E-state index is 0.489. The fourth-order valence-electron chi connectivity index (χ4n) is 1.33. The van der Waals surface area contributed by atoms with Crippen LogP contribution in [0.25, 0.3) is 0 Å². The summed E-state index contributed by atoms with van der Waals surface area (Å²) < 4.78 is 0. The maximum absolute atomic E-state index is 5.75. The van der Waals surface area contributed by atoms with Crippen molar-refractivity contribution in [1.82, 2.24) is 0 Å². The summed E-state index contributed by atoms with van der Waals surface area (Å²) in [7, 11) is 0. The molecule has 0 bridgehead atoms. The van der Waals surface area contributed by atoms with E-state index in [4.69, 9.17) is 11.6 Å². The molecule has 0 saturated carbocycles. The monoisotopic (exact) mass is 210 g/mol. The Labute approximate surface area is 90.8 Å². The van der Waals surface area contributed by atoms with Gasteiger partial charge in [-0.15, -0.1) is 0 Å². The van der Waals surface area contributed by atoms with E-state index in [-0.39, 0.29) is 0 Å². The maximum Gasteiger partial charge on any atom is 0.109 e. The van der Waals surface area contributed by atoms with Crippen LogP contribution in [0, 0.1) is 0 Å². The SMILES string of the molecule is C/C(Cl)=C/C[NH2+][C@@H](C)c1ccccc1. The third-order valence-corrected chi connectivity index (χ3v) is 2.37. The summed E-state index contributed by atoms with van der Waals surface area (Å²) >= 11 is 5.75. The van der Waals surface area contributed by atoms with Gasteiger partial charge in [0.15, 0.2) is 0 Å². The molecular weight excluding hydrogens is 194 g/mol. The number of quaternary nitrogens is 1. The summed E-state index contributed by atoms with van der Waals surface area (Å²) in [5.74, 6) is 0. The zero-order chi connectivity index (χ0) is 10.4. The largest absolute Gasteiger partial charge is 0.337 e. The third-order valence-electron chi connectivity index (χ3n) is 2.21. The molecule has 76 valence electrons. The first kappa shape index (κ1) is 11.3. The lowest BCUT2D eigenvalue weighted by atomic mass is 10.1. The van der Waals surface area contributed by atoms with Crippen molar-refractivity contribution in [2.75, 3.05) is 6.54 Å². The predicted molar refractivity (Wildman–Crippen MR) is 61.3 cm³/mol. The van der Waals surface area contributed by atoms with E-state index in [0.717, 1.165) is 11.6 Å². The van der Waals surface area contributed by atoms with E-state index in [1.54, 1.807) is 0 Å². The molecule has 0 radical (unpaired) electrons. The standard InChI is InChI=1S/C12H16ClN/c1-10(13)8-9-14-11(2)12-6-4-3-5-7-12/h3-8,11,14H,9H2,1-2H3/p+1/b10-8-/t11-/m0/s1. The highest BCUT2D eigenvalue weighted by molar-refractivity contribution is 6.29. The topological polar surface area (TPSA) is 16.6 Å². The molecule has 0 heterocycles. The normalized spacial score (nSPS) is 14.1. The molecule has 1 aromatic rings. The highest BCUT2D eigenvalue weighted by Crippen LogP contribution is 2.06. The van der Waals surface area contributed by atoms with Crippen molar-refractivity contribution in [3.8, 4) is 0 Å². The van der Waals surface area contributed by atoms with E-state index in [9.17, 15) is 0 Å². The second-order valence-corrected chi connectivity index (χ2v) is 4.06. The maximum atomic E-state index is 5.75. The van der Waals surface area contributed by atoms with Crippen molar-refractivity contribution in [2.24, 2.45) is 0 Å². The first-order chi connectivity index (χ1) is 6.70. The number of benzene rings is 1. The van der Waals surface area contributed by atoms with Crippen molar-refractivity contribution in [3.05, 3.63) is 47.0 Å². The van der Waals surface area contributed by atoms with Crippen LogP contribution in [0.15, 0.2) is 41.4 Å².